The van der Waals surface area contributed by atoms with Crippen LogP contribution in [0.15, 0.2) is 40.9 Å². The number of nitrogens with two attached hydrogens (primary N) is 1. The van der Waals surface area contributed by atoms with E-state index in [0.29, 0.717) is 27.4 Å². The summed E-state index contributed by atoms with van der Waals surface area (Å²) < 4.78 is 19.7. The minimum atomic E-state index is -0.383. The molecule has 5 heteroatoms. The predicted molar refractivity (Wildman–Crippen MR) is 87.6 cm³/mol. The van der Waals surface area contributed by atoms with Crippen LogP contribution in [0.1, 0.15) is 18.9 Å². The number of hydrogen-bond acceptors (Lipinski definition) is 2. The number of rotatable bonds is 5. The van der Waals surface area contributed by atoms with Crippen molar-refractivity contribution >= 4 is 27.5 Å². The molecule has 0 spiro atoms. The van der Waals surface area contributed by atoms with E-state index in [1.807, 2.05) is 19.1 Å². The molecule has 0 aliphatic carbocycles. The summed E-state index contributed by atoms with van der Waals surface area (Å²) in [5, 5.41) is 0.485. The summed E-state index contributed by atoms with van der Waals surface area (Å²) in [4.78, 5) is 0. The fraction of sp³-hybridized carbons (Fsp3) is 0.250. The highest BCUT2D eigenvalue weighted by molar-refractivity contribution is 9.10. The van der Waals surface area contributed by atoms with Gasteiger partial charge in [-0.15, -0.1) is 0 Å². The summed E-state index contributed by atoms with van der Waals surface area (Å²) in [6, 6.07) is 10.1. The molecule has 0 saturated carbocycles. The summed E-state index contributed by atoms with van der Waals surface area (Å²) in [5.74, 6) is 0.547. The summed E-state index contributed by atoms with van der Waals surface area (Å²) in [5.41, 5.74) is 6.91. The molecule has 2 aromatic rings. The maximum atomic E-state index is 13.6. The average Bonchev–Trinajstić information content (AvgIpc) is 2.46. The number of ether oxygens (including phenoxy) is 1. The van der Waals surface area contributed by atoms with Gasteiger partial charge in [0.1, 0.15) is 17.3 Å². The fourth-order valence-electron chi connectivity index (χ4n) is 1.91. The molecule has 2 rings (SSSR count). The van der Waals surface area contributed by atoms with E-state index in [2.05, 4.69) is 15.9 Å². The highest BCUT2D eigenvalue weighted by Crippen LogP contribution is 2.34. The van der Waals surface area contributed by atoms with Crippen LogP contribution in [0, 0.1) is 5.82 Å². The Labute approximate surface area is 137 Å². The average molecular weight is 373 g/mol. The number of benzene rings is 2. The molecule has 21 heavy (non-hydrogen) atoms. The Hall–Kier alpha value is -1.10. The van der Waals surface area contributed by atoms with Gasteiger partial charge in [0.15, 0.2) is 0 Å². The standard InChI is InChI=1S/C16H16BrClFNO/c1-2-11(20)8-10-4-3-5-14(18)16(10)21-12-6-7-13(17)15(19)9-12/h3-7,9,11H,2,8,20H2,1H3. The van der Waals surface area contributed by atoms with Crippen molar-refractivity contribution in [3.8, 4) is 11.5 Å². The fourth-order valence-corrected chi connectivity index (χ4v) is 2.39. The van der Waals surface area contributed by atoms with Gasteiger partial charge in [0.2, 0.25) is 0 Å². The molecule has 2 nitrogen and oxygen atoms in total. The van der Waals surface area contributed by atoms with Crippen molar-refractivity contribution in [2.45, 2.75) is 25.8 Å². The first-order chi connectivity index (χ1) is 10.0. The molecule has 112 valence electrons. The zero-order chi connectivity index (χ0) is 15.4. The first-order valence-electron chi connectivity index (χ1n) is 6.67. The Kier molecular flexibility index (Phi) is 5.62. The third-order valence-electron chi connectivity index (χ3n) is 3.17. The van der Waals surface area contributed by atoms with E-state index in [1.54, 1.807) is 18.2 Å². The van der Waals surface area contributed by atoms with E-state index in [4.69, 9.17) is 22.1 Å². The maximum Gasteiger partial charge on any atom is 0.149 e. The summed E-state index contributed by atoms with van der Waals surface area (Å²) >= 11 is 9.32. The molecule has 0 saturated heterocycles. The van der Waals surface area contributed by atoms with E-state index in [-0.39, 0.29) is 11.9 Å². The van der Waals surface area contributed by atoms with E-state index in [0.717, 1.165) is 12.0 Å². The van der Waals surface area contributed by atoms with Gasteiger partial charge in [0.05, 0.1) is 9.50 Å². The predicted octanol–water partition coefficient (Wildman–Crippen LogP) is 5.31. The molecule has 2 N–H and O–H groups in total. The summed E-state index contributed by atoms with van der Waals surface area (Å²) in [6.45, 7) is 2.03. The Bertz CT molecular complexity index is 636. The minimum Gasteiger partial charge on any atom is -0.455 e. The van der Waals surface area contributed by atoms with E-state index in [9.17, 15) is 4.39 Å². The van der Waals surface area contributed by atoms with Crippen molar-refractivity contribution < 1.29 is 9.13 Å². The first-order valence-corrected chi connectivity index (χ1v) is 7.84. The van der Waals surface area contributed by atoms with Gasteiger partial charge in [-0.25, -0.2) is 4.39 Å². The van der Waals surface area contributed by atoms with Crippen molar-refractivity contribution in [1.29, 1.82) is 0 Å². The van der Waals surface area contributed by atoms with Crippen LogP contribution < -0.4 is 10.5 Å². The lowest BCUT2D eigenvalue weighted by Gasteiger charge is -2.15. The van der Waals surface area contributed by atoms with Crippen LogP contribution >= 0.6 is 27.5 Å². The normalized spacial score (nSPS) is 12.2. The zero-order valence-corrected chi connectivity index (χ0v) is 13.9. The number of halogens is 3. The second-order valence-electron chi connectivity index (χ2n) is 4.78. The van der Waals surface area contributed by atoms with Crippen LogP contribution in [0.3, 0.4) is 0 Å². The second-order valence-corrected chi connectivity index (χ2v) is 6.04. The van der Waals surface area contributed by atoms with Gasteiger partial charge in [-0.05, 0) is 52.5 Å². The molecule has 1 unspecified atom stereocenters. The lowest BCUT2D eigenvalue weighted by molar-refractivity contribution is 0.466. The summed E-state index contributed by atoms with van der Waals surface area (Å²) in [7, 11) is 0. The van der Waals surface area contributed by atoms with Gasteiger partial charge in [-0.3, -0.25) is 0 Å². The quantitative estimate of drug-likeness (QED) is 0.771. The van der Waals surface area contributed by atoms with Crippen LogP contribution in [0.5, 0.6) is 11.5 Å². The molecular weight excluding hydrogens is 357 g/mol. The molecule has 0 aliphatic heterocycles. The lowest BCUT2D eigenvalue weighted by Crippen LogP contribution is -2.21. The van der Waals surface area contributed by atoms with Crippen molar-refractivity contribution in [2.24, 2.45) is 5.73 Å². The van der Waals surface area contributed by atoms with Crippen LogP contribution in [-0.2, 0) is 6.42 Å². The molecule has 0 aliphatic rings. The van der Waals surface area contributed by atoms with Crippen molar-refractivity contribution in [3.63, 3.8) is 0 Å². The van der Waals surface area contributed by atoms with Gasteiger partial charge in [-0.2, -0.15) is 0 Å². The SMILES string of the molecule is CCC(N)Cc1cccc(Cl)c1Oc1ccc(Br)c(F)c1. The second kappa shape index (κ2) is 7.25. The molecule has 0 bridgehead atoms. The molecular formula is C16H16BrClFNO. The van der Waals surface area contributed by atoms with Crippen LogP contribution in [0.25, 0.3) is 0 Å². The van der Waals surface area contributed by atoms with Crippen molar-refractivity contribution in [3.05, 3.63) is 57.3 Å². The third-order valence-corrected chi connectivity index (χ3v) is 4.11. The lowest BCUT2D eigenvalue weighted by atomic mass is 10.0. The number of hydrogen-bond donors (Lipinski definition) is 1. The van der Waals surface area contributed by atoms with Crippen LogP contribution in [0.4, 0.5) is 4.39 Å². The Balaban J connectivity index is 2.31. The Morgan fingerprint density at radius 2 is 2.10 bits per heavy atom. The third kappa shape index (κ3) is 4.19. The van der Waals surface area contributed by atoms with E-state index < -0.39 is 0 Å². The molecule has 0 heterocycles. The van der Waals surface area contributed by atoms with Crippen LogP contribution in [-0.4, -0.2) is 6.04 Å². The zero-order valence-electron chi connectivity index (χ0n) is 11.6. The van der Waals surface area contributed by atoms with Crippen molar-refractivity contribution in [2.75, 3.05) is 0 Å². The van der Waals surface area contributed by atoms with E-state index >= 15 is 0 Å². The Morgan fingerprint density at radius 1 is 1.33 bits per heavy atom. The Morgan fingerprint density at radius 3 is 2.76 bits per heavy atom. The minimum absolute atomic E-state index is 0.0347. The molecule has 0 fully saturated rings. The van der Waals surface area contributed by atoms with Gasteiger partial charge >= 0.3 is 0 Å². The first kappa shape index (κ1) is 16.3. The van der Waals surface area contributed by atoms with Gasteiger partial charge < -0.3 is 10.5 Å². The monoisotopic (exact) mass is 371 g/mol. The van der Waals surface area contributed by atoms with Gasteiger partial charge in [0.25, 0.3) is 0 Å². The molecule has 1 atom stereocenters. The highest BCUT2D eigenvalue weighted by atomic mass is 79.9. The topological polar surface area (TPSA) is 35.2 Å². The highest BCUT2D eigenvalue weighted by Gasteiger charge is 2.13. The van der Waals surface area contributed by atoms with E-state index in [1.165, 1.54) is 6.07 Å². The maximum absolute atomic E-state index is 13.6. The van der Waals surface area contributed by atoms with Gasteiger partial charge in [-0.1, -0.05) is 30.7 Å². The molecule has 0 radical (unpaired) electrons. The summed E-state index contributed by atoms with van der Waals surface area (Å²) in [6.07, 6.45) is 1.52. The molecule has 0 amide bonds. The largest absolute Gasteiger partial charge is 0.455 e. The molecule has 2 aromatic carbocycles. The van der Waals surface area contributed by atoms with Gasteiger partial charge in [0, 0.05) is 12.1 Å². The van der Waals surface area contributed by atoms with Crippen molar-refractivity contribution in [1.82, 2.24) is 0 Å². The number of para-hydroxylation sites is 1. The smallest absolute Gasteiger partial charge is 0.149 e. The molecule has 0 aromatic heterocycles. The van der Waals surface area contributed by atoms with Crippen LogP contribution in [0.2, 0.25) is 5.02 Å².